The molecule has 0 saturated carbocycles. The molecule has 1 aromatic carbocycles. The van der Waals surface area contributed by atoms with Gasteiger partial charge in [0.25, 0.3) is 0 Å². The van der Waals surface area contributed by atoms with Gasteiger partial charge in [0.05, 0.1) is 6.04 Å². The van der Waals surface area contributed by atoms with E-state index in [1.54, 1.807) is 0 Å². The van der Waals surface area contributed by atoms with Gasteiger partial charge in [0, 0.05) is 6.42 Å². The zero-order valence-electron chi connectivity index (χ0n) is 10.6. The van der Waals surface area contributed by atoms with Gasteiger partial charge in [0.2, 0.25) is 5.91 Å². The Kier molecular flexibility index (Phi) is 4.52. The van der Waals surface area contributed by atoms with Crippen molar-refractivity contribution in [3.8, 4) is 0 Å². The number of benzene rings is 1. The summed E-state index contributed by atoms with van der Waals surface area (Å²) in [6.07, 6.45) is 2.02. The second-order valence-electron chi connectivity index (χ2n) is 4.74. The number of carboxylic acid groups (broad SMARTS) is 1. The van der Waals surface area contributed by atoms with E-state index in [1.807, 2.05) is 30.3 Å². The molecule has 5 nitrogen and oxygen atoms in total. The number of carboxylic acids is 1. The molecule has 1 heterocycles. The third kappa shape index (κ3) is 3.79. The highest BCUT2D eigenvalue weighted by Gasteiger charge is 2.27. The molecule has 5 heteroatoms. The zero-order valence-corrected chi connectivity index (χ0v) is 10.6. The highest BCUT2D eigenvalue weighted by atomic mass is 16.4. The van der Waals surface area contributed by atoms with Crippen LogP contribution in [0.15, 0.2) is 30.3 Å². The molecule has 1 saturated heterocycles. The summed E-state index contributed by atoms with van der Waals surface area (Å²) in [6.45, 7) is 0.814. The van der Waals surface area contributed by atoms with Crippen LogP contribution in [0.5, 0.6) is 0 Å². The molecule has 102 valence electrons. The Labute approximate surface area is 112 Å². The highest BCUT2D eigenvalue weighted by Crippen LogP contribution is 2.07. The molecule has 1 aliphatic heterocycles. The van der Waals surface area contributed by atoms with Crippen molar-refractivity contribution in [3.05, 3.63) is 35.9 Å². The average molecular weight is 262 g/mol. The zero-order chi connectivity index (χ0) is 13.7. The Morgan fingerprint density at radius 1 is 1.37 bits per heavy atom. The van der Waals surface area contributed by atoms with E-state index in [4.69, 9.17) is 0 Å². The van der Waals surface area contributed by atoms with Crippen LogP contribution in [0.25, 0.3) is 0 Å². The van der Waals surface area contributed by atoms with E-state index >= 15 is 0 Å². The quantitative estimate of drug-likeness (QED) is 0.724. The van der Waals surface area contributed by atoms with E-state index in [2.05, 4.69) is 10.6 Å². The first-order chi connectivity index (χ1) is 9.16. The second kappa shape index (κ2) is 6.33. The van der Waals surface area contributed by atoms with Crippen molar-refractivity contribution in [1.82, 2.24) is 10.6 Å². The summed E-state index contributed by atoms with van der Waals surface area (Å²) in [5.41, 5.74) is 0.898. The Balaban J connectivity index is 1.96. The predicted octanol–water partition coefficient (Wildman–Crippen LogP) is 0.550. The molecule has 0 aliphatic carbocycles. The lowest BCUT2D eigenvalue weighted by Gasteiger charge is -2.17. The van der Waals surface area contributed by atoms with Crippen LogP contribution in [0.1, 0.15) is 18.4 Å². The number of carbonyl (C=O) groups is 2. The summed E-state index contributed by atoms with van der Waals surface area (Å²) < 4.78 is 0. The van der Waals surface area contributed by atoms with Gasteiger partial charge < -0.3 is 15.7 Å². The third-order valence-corrected chi connectivity index (χ3v) is 3.27. The maximum atomic E-state index is 11.9. The van der Waals surface area contributed by atoms with Crippen molar-refractivity contribution in [3.63, 3.8) is 0 Å². The molecule has 19 heavy (non-hydrogen) atoms. The van der Waals surface area contributed by atoms with Gasteiger partial charge in [-0.25, -0.2) is 4.79 Å². The fraction of sp³-hybridized carbons (Fsp3) is 0.429. The number of rotatable bonds is 5. The SMILES string of the molecule is O=C(N[C@@H](Cc1ccccc1)C(=O)O)C1CCCN1. The predicted molar refractivity (Wildman–Crippen MR) is 70.7 cm³/mol. The van der Waals surface area contributed by atoms with Gasteiger partial charge in [-0.1, -0.05) is 30.3 Å². The molecule has 1 fully saturated rings. The fourth-order valence-corrected chi connectivity index (χ4v) is 2.23. The minimum atomic E-state index is -1.00. The Bertz CT molecular complexity index is 441. The lowest BCUT2D eigenvalue weighted by Crippen LogP contribution is -2.49. The Morgan fingerprint density at radius 3 is 2.68 bits per heavy atom. The second-order valence-corrected chi connectivity index (χ2v) is 4.74. The normalized spacial score (nSPS) is 19.9. The van der Waals surface area contributed by atoms with Gasteiger partial charge in [-0.05, 0) is 24.9 Å². The lowest BCUT2D eigenvalue weighted by molar-refractivity contribution is -0.142. The van der Waals surface area contributed by atoms with Crippen LogP contribution < -0.4 is 10.6 Å². The van der Waals surface area contributed by atoms with Crippen molar-refractivity contribution in [2.75, 3.05) is 6.54 Å². The minimum absolute atomic E-state index is 0.221. The molecule has 2 atom stereocenters. The van der Waals surface area contributed by atoms with Crippen molar-refractivity contribution in [2.45, 2.75) is 31.3 Å². The lowest BCUT2D eigenvalue weighted by atomic mass is 10.1. The monoisotopic (exact) mass is 262 g/mol. The standard InChI is InChI=1S/C14H18N2O3/c17-13(11-7-4-8-15-11)16-12(14(18)19)9-10-5-2-1-3-6-10/h1-3,5-6,11-12,15H,4,7-9H2,(H,16,17)(H,18,19)/t11?,12-/m0/s1. The van der Waals surface area contributed by atoms with Crippen molar-refractivity contribution < 1.29 is 14.7 Å². The fourth-order valence-electron chi connectivity index (χ4n) is 2.23. The number of carbonyl (C=O) groups excluding carboxylic acids is 1. The molecule has 2 rings (SSSR count). The molecule has 1 amide bonds. The average Bonchev–Trinajstić information content (AvgIpc) is 2.93. The van der Waals surface area contributed by atoms with Crippen LogP contribution in [-0.4, -0.2) is 35.6 Å². The van der Waals surface area contributed by atoms with Gasteiger partial charge in [-0.2, -0.15) is 0 Å². The van der Waals surface area contributed by atoms with Crippen LogP contribution in [0.3, 0.4) is 0 Å². The number of hydrogen-bond acceptors (Lipinski definition) is 3. The molecule has 0 aromatic heterocycles. The molecular weight excluding hydrogens is 244 g/mol. The first-order valence-electron chi connectivity index (χ1n) is 6.47. The van der Waals surface area contributed by atoms with Crippen molar-refractivity contribution in [1.29, 1.82) is 0 Å². The number of nitrogens with one attached hydrogen (secondary N) is 2. The molecule has 1 unspecified atom stereocenters. The Hall–Kier alpha value is -1.88. The van der Waals surface area contributed by atoms with E-state index in [9.17, 15) is 14.7 Å². The molecule has 1 aliphatic rings. The van der Waals surface area contributed by atoms with Gasteiger partial charge in [-0.3, -0.25) is 4.79 Å². The minimum Gasteiger partial charge on any atom is -0.480 e. The largest absolute Gasteiger partial charge is 0.480 e. The topological polar surface area (TPSA) is 78.4 Å². The van der Waals surface area contributed by atoms with Crippen molar-refractivity contribution in [2.24, 2.45) is 0 Å². The summed E-state index contributed by atoms with van der Waals surface area (Å²) in [7, 11) is 0. The van der Waals surface area contributed by atoms with Gasteiger partial charge in [-0.15, -0.1) is 0 Å². The van der Waals surface area contributed by atoms with Crippen LogP contribution in [0, 0.1) is 0 Å². The summed E-state index contributed by atoms with van der Waals surface area (Å²) in [5.74, 6) is -1.23. The summed E-state index contributed by atoms with van der Waals surface area (Å²) in [5, 5.41) is 14.9. The molecule has 0 bridgehead atoms. The van der Waals surface area contributed by atoms with E-state index in [1.165, 1.54) is 0 Å². The number of aliphatic carboxylic acids is 1. The molecule has 0 spiro atoms. The van der Waals surface area contributed by atoms with E-state index in [0.717, 1.165) is 24.9 Å². The molecule has 1 aromatic rings. The highest BCUT2D eigenvalue weighted by molar-refractivity contribution is 5.87. The number of amides is 1. The first kappa shape index (κ1) is 13.5. The van der Waals surface area contributed by atoms with Gasteiger partial charge in [0.1, 0.15) is 6.04 Å². The van der Waals surface area contributed by atoms with Crippen LogP contribution in [0.2, 0.25) is 0 Å². The summed E-state index contributed by atoms with van der Waals surface area (Å²) in [4.78, 5) is 23.1. The van der Waals surface area contributed by atoms with E-state index in [0.29, 0.717) is 6.42 Å². The molecule has 0 radical (unpaired) electrons. The maximum Gasteiger partial charge on any atom is 0.326 e. The third-order valence-electron chi connectivity index (χ3n) is 3.27. The summed E-state index contributed by atoms with van der Waals surface area (Å²) in [6, 6.07) is 8.17. The van der Waals surface area contributed by atoms with Crippen LogP contribution in [0.4, 0.5) is 0 Å². The maximum absolute atomic E-state index is 11.9. The van der Waals surface area contributed by atoms with E-state index < -0.39 is 12.0 Å². The number of hydrogen-bond donors (Lipinski definition) is 3. The molecular formula is C14H18N2O3. The van der Waals surface area contributed by atoms with Crippen LogP contribution >= 0.6 is 0 Å². The Morgan fingerprint density at radius 2 is 2.11 bits per heavy atom. The summed E-state index contributed by atoms with van der Waals surface area (Å²) >= 11 is 0. The van der Waals surface area contributed by atoms with Crippen LogP contribution in [-0.2, 0) is 16.0 Å². The van der Waals surface area contributed by atoms with E-state index in [-0.39, 0.29) is 11.9 Å². The van der Waals surface area contributed by atoms with Crippen molar-refractivity contribution >= 4 is 11.9 Å². The molecule has 3 N–H and O–H groups in total. The first-order valence-corrected chi connectivity index (χ1v) is 6.47. The van der Waals surface area contributed by atoms with Gasteiger partial charge >= 0.3 is 5.97 Å². The smallest absolute Gasteiger partial charge is 0.326 e. The van der Waals surface area contributed by atoms with Gasteiger partial charge in [0.15, 0.2) is 0 Å².